The highest BCUT2D eigenvalue weighted by molar-refractivity contribution is 5.87. The summed E-state index contributed by atoms with van der Waals surface area (Å²) in [4.78, 5) is 15.6. The van der Waals surface area contributed by atoms with Gasteiger partial charge in [0.05, 0.1) is 25.8 Å². The van der Waals surface area contributed by atoms with Crippen LogP contribution in [-0.4, -0.2) is 43.0 Å². The van der Waals surface area contributed by atoms with Crippen LogP contribution >= 0.6 is 0 Å². The highest BCUT2D eigenvalue weighted by Crippen LogP contribution is 2.27. The lowest BCUT2D eigenvalue weighted by Gasteiger charge is -2.28. The van der Waals surface area contributed by atoms with Gasteiger partial charge in [-0.1, -0.05) is 32.0 Å². The lowest BCUT2D eigenvalue weighted by atomic mass is 9.93. The van der Waals surface area contributed by atoms with E-state index in [1.165, 1.54) is 0 Å². The molecule has 4 N–H and O–H groups in total. The van der Waals surface area contributed by atoms with Gasteiger partial charge in [0.15, 0.2) is 6.29 Å². The fourth-order valence-electron chi connectivity index (χ4n) is 2.95. The van der Waals surface area contributed by atoms with Crippen molar-refractivity contribution in [3.63, 3.8) is 0 Å². The minimum atomic E-state index is -0.633. The van der Waals surface area contributed by atoms with Crippen LogP contribution in [0, 0.1) is 5.92 Å². The number of nitrogens with one attached hydrogen (secondary N) is 2. The number of aromatic amines is 1. The Balaban J connectivity index is 1.58. The molecule has 1 aliphatic rings. The molecule has 0 spiro atoms. The topological polar surface area (TPSA) is 89.4 Å². The molecule has 2 atom stereocenters. The van der Waals surface area contributed by atoms with Gasteiger partial charge in [-0.3, -0.25) is 4.79 Å². The van der Waals surface area contributed by atoms with Gasteiger partial charge in [0.1, 0.15) is 0 Å². The molecule has 2 aromatic rings. The molecule has 6 nitrogen and oxygen atoms in total. The summed E-state index contributed by atoms with van der Waals surface area (Å²) in [5.74, 6) is 0.0917. The van der Waals surface area contributed by atoms with E-state index in [4.69, 9.17) is 15.2 Å². The van der Waals surface area contributed by atoms with Crippen LogP contribution in [0.25, 0.3) is 10.9 Å². The summed E-state index contributed by atoms with van der Waals surface area (Å²) in [6.45, 7) is 5.65. The van der Waals surface area contributed by atoms with Crippen LogP contribution < -0.4 is 11.1 Å². The average molecular weight is 331 g/mol. The quantitative estimate of drug-likeness (QED) is 0.778. The summed E-state index contributed by atoms with van der Waals surface area (Å²) in [5, 5.41) is 3.93. The zero-order chi connectivity index (χ0) is 17.1. The SMILES string of the molecule is CC1COC(CNC(=O)[C@H](N)[C@@H](C)c2c[nH]c3ccccc23)OC1. The van der Waals surface area contributed by atoms with Crippen molar-refractivity contribution in [1.29, 1.82) is 0 Å². The van der Waals surface area contributed by atoms with Gasteiger partial charge in [0, 0.05) is 28.9 Å². The Labute approximate surface area is 141 Å². The second kappa shape index (κ2) is 7.34. The third kappa shape index (κ3) is 3.61. The molecule has 0 bridgehead atoms. The van der Waals surface area contributed by atoms with Crippen LogP contribution in [0.2, 0.25) is 0 Å². The maximum absolute atomic E-state index is 12.4. The molecule has 1 saturated heterocycles. The highest BCUT2D eigenvalue weighted by atomic mass is 16.7. The van der Waals surface area contributed by atoms with Gasteiger partial charge in [-0.15, -0.1) is 0 Å². The van der Waals surface area contributed by atoms with E-state index in [0.717, 1.165) is 16.5 Å². The summed E-state index contributed by atoms with van der Waals surface area (Å²) in [6.07, 6.45) is 1.54. The zero-order valence-electron chi connectivity index (χ0n) is 14.1. The van der Waals surface area contributed by atoms with Gasteiger partial charge in [-0.05, 0) is 11.6 Å². The average Bonchev–Trinajstić information content (AvgIpc) is 3.03. The van der Waals surface area contributed by atoms with Crippen LogP contribution in [0.1, 0.15) is 25.3 Å². The first-order valence-corrected chi connectivity index (χ1v) is 8.38. The summed E-state index contributed by atoms with van der Waals surface area (Å²) >= 11 is 0. The number of hydrogen-bond donors (Lipinski definition) is 3. The largest absolute Gasteiger partial charge is 0.361 e. The van der Waals surface area contributed by atoms with E-state index in [9.17, 15) is 4.79 Å². The van der Waals surface area contributed by atoms with Crippen LogP contribution in [0.3, 0.4) is 0 Å². The minimum Gasteiger partial charge on any atom is -0.361 e. The molecular formula is C18H25N3O3. The van der Waals surface area contributed by atoms with Crippen molar-refractivity contribution in [2.75, 3.05) is 19.8 Å². The van der Waals surface area contributed by atoms with E-state index < -0.39 is 6.04 Å². The third-order valence-electron chi connectivity index (χ3n) is 4.53. The molecule has 0 radical (unpaired) electrons. The van der Waals surface area contributed by atoms with Crippen molar-refractivity contribution in [3.8, 4) is 0 Å². The predicted octanol–water partition coefficient (Wildman–Crippen LogP) is 1.72. The Bertz CT molecular complexity index is 692. The molecule has 1 aliphatic heterocycles. The van der Waals surface area contributed by atoms with Gasteiger partial charge in [-0.25, -0.2) is 0 Å². The summed E-state index contributed by atoms with van der Waals surface area (Å²) in [5.41, 5.74) is 8.27. The maximum atomic E-state index is 12.4. The second-order valence-electron chi connectivity index (χ2n) is 6.55. The Hall–Kier alpha value is -1.89. The number of ether oxygens (including phenoxy) is 2. The Morgan fingerprint density at radius 2 is 2.08 bits per heavy atom. The molecule has 2 heterocycles. The first-order valence-electron chi connectivity index (χ1n) is 8.38. The first-order chi connectivity index (χ1) is 11.6. The summed E-state index contributed by atoms with van der Waals surface area (Å²) in [6, 6.07) is 7.37. The van der Waals surface area contributed by atoms with Crippen LogP contribution in [0.5, 0.6) is 0 Å². The van der Waals surface area contributed by atoms with Crippen LogP contribution in [0.4, 0.5) is 0 Å². The number of carbonyl (C=O) groups is 1. The Morgan fingerprint density at radius 3 is 2.83 bits per heavy atom. The molecule has 1 aromatic carbocycles. The fourth-order valence-corrected chi connectivity index (χ4v) is 2.95. The minimum absolute atomic E-state index is 0.102. The molecule has 1 amide bonds. The number of aromatic nitrogens is 1. The molecule has 0 aliphatic carbocycles. The lowest BCUT2D eigenvalue weighted by Crippen LogP contribution is -2.47. The van der Waals surface area contributed by atoms with E-state index in [-0.39, 0.29) is 18.1 Å². The number of carbonyl (C=O) groups excluding carboxylic acids is 1. The smallest absolute Gasteiger partial charge is 0.237 e. The fraction of sp³-hybridized carbons (Fsp3) is 0.500. The number of rotatable bonds is 5. The number of fused-ring (bicyclic) bond motifs is 1. The van der Waals surface area contributed by atoms with Gasteiger partial charge in [0.25, 0.3) is 0 Å². The van der Waals surface area contributed by atoms with Crippen molar-refractivity contribution in [1.82, 2.24) is 10.3 Å². The molecular weight excluding hydrogens is 306 g/mol. The normalized spacial score (nSPS) is 23.8. The molecule has 1 aromatic heterocycles. The van der Waals surface area contributed by atoms with E-state index in [1.807, 2.05) is 37.4 Å². The molecule has 0 unspecified atom stereocenters. The molecule has 130 valence electrons. The van der Waals surface area contributed by atoms with E-state index >= 15 is 0 Å². The maximum Gasteiger partial charge on any atom is 0.237 e. The Kier molecular flexibility index (Phi) is 5.18. The third-order valence-corrected chi connectivity index (χ3v) is 4.53. The standard InChI is InChI=1S/C18H25N3O3/c1-11-9-23-16(24-10-11)8-21-18(22)17(19)12(2)14-7-20-15-6-4-3-5-13(14)15/h3-7,11-12,16-17,20H,8-10,19H2,1-2H3,(H,21,22)/t11?,12-,16?,17+/m0/s1. The van der Waals surface area contributed by atoms with Gasteiger partial charge in [0.2, 0.25) is 5.91 Å². The second-order valence-corrected chi connectivity index (χ2v) is 6.55. The Morgan fingerprint density at radius 1 is 1.38 bits per heavy atom. The first kappa shape index (κ1) is 17.0. The molecule has 6 heteroatoms. The van der Waals surface area contributed by atoms with Gasteiger partial charge < -0.3 is 25.5 Å². The van der Waals surface area contributed by atoms with Crippen LogP contribution in [0.15, 0.2) is 30.5 Å². The van der Waals surface area contributed by atoms with Crippen molar-refractivity contribution >= 4 is 16.8 Å². The zero-order valence-corrected chi connectivity index (χ0v) is 14.1. The van der Waals surface area contributed by atoms with E-state index in [0.29, 0.717) is 25.7 Å². The number of nitrogens with two attached hydrogens (primary N) is 1. The van der Waals surface area contributed by atoms with Crippen molar-refractivity contribution in [3.05, 3.63) is 36.0 Å². The monoisotopic (exact) mass is 331 g/mol. The van der Waals surface area contributed by atoms with Gasteiger partial charge >= 0.3 is 0 Å². The number of benzene rings is 1. The number of para-hydroxylation sites is 1. The summed E-state index contributed by atoms with van der Waals surface area (Å²) in [7, 11) is 0. The van der Waals surface area contributed by atoms with E-state index in [1.54, 1.807) is 0 Å². The van der Waals surface area contributed by atoms with Crippen LogP contribution in [-0.2, 0) is 14.3 Å². The molecule has 3 rings (SSSR count). The molecule has 0 saturated carbocycles. The van der Waals surface area contributed by atoms with E-state index in [2.05, 4.69) is 17.2 Å². The molecule has 24 heavy (non-hydrogen) atoms. The number of H-pyrrole nitrogens is 1. The number of hydrogen-bond acceptors (Lipinski definition) is 4. The van der Waals surface area contributed by atoms with Crippen molar-refractivity contribution < 1.29 is 14.3 Å². The van der Waals surface area contributed by atoms with Gasteiger partial charge in [-0.2, -0.15) is 0 Å². The van der Waals surface area contributed by atoms with Crippen molar-refractivity contribution in [2.24, 2.45) is 11.7 Å². The van der Waals surface area contributed by atoms with Crippen molar-refractivity contribution in [2.45, 2.75) is 32.1 Å². The predicted molar refractivity (Wildman–Crippen MR) is 92.6 cm³/mol. The summed E-state index contributed by atoms with van der Waals surface area (Å²) < 4.78 is 11.1. The molecule has 1 fully saturated rings. The highest BCUT2D eigenvalue weighted by Gasteiger charge is 2.26. The number of amides is 1. The lowest BCUT2D eigenvalue weighted by molar-refractivity contribution is -0.194.